The summed E-state index contributed by atoms with van der Waals surface area (Å²) in [6.07, 6.45) is 6.00. The molecule has 0 aliphatic carbocycles. The average molecular weight is 304 g/mol. The van der Waals surface area contributed by atoms with Gasteiger partial charge >= 0.3 is 0 Å². The van der Waals surface area contributed by atoms with E-state index in [2.05, 4.69) is 6.92 Å². The van der Waals surface area contributed by atoms with Gasteiger partial charge in [-0.05, 0) is 36.2 Å². The Kier molecular flexibility index (Phi) is 6.38. The molecule has 2 aromatic carbocycles. The van der Waals surface area contributed by atoms with Crippen LogP contribution in [-0.2, 0) is 0 Å². The lowest BCUT2D eigenvalue weighted by atomic mass is 10.1. The lowest BCUT2D eigenvalue weighted by Gasteiger charge is -2.08. The zero-order valence-corrected chi connectivity index (χ0v) is 12.9. The second-order valence-corrected chi connectivity index (χ2v) is 5.41. The normalized spacial score (nSPS) is 10.7. The minimum absolute atomic E-state index is 0.396. The van der Waals surface area contributed by atoms with Gasteiger partial charge in [0.2, 0.25) is 0 Å². The first kappa shape index (κ1) is 16.5. The maximum atomic E-state index is 13.7. The fourth-order valence-corrected chi connectivity index (χ4v) is 2.35. The number of hydrogen-bond donors (Lipinski definition) is 0. The molecular formula is C19H22F2O. The third-order valence-electron chi connectivity index (χ3n) is 3.61. The SMILES string of the molecule is CCCCCCCOc1ccc(-c2ccc(F)cc2F)cc1. The highest BCUT2D eigenvalue weighted by atomic mass is 19.1. The topological polar surface area (TPSA) is 9.23 Å². The van der Waals surface area contributed by atoms with Crippen LogP contribution in [0.15, 0.2) is 42.5 Å². The molecule has 0 aliphatic heterocycles. The van der Waals surface area contributed by atoms with Gasteiger partial charge in [0.1, 0.15) is 17.4 Å². The summed E-state index contributed by atoms with van der Waals surface area (Å²) in [7, 11) is 0. The lowest BCUT2D eigenvalue weighted by Crippen LogP contribution is -1.97. The Labute approximate surface area is 130 Å². The largest absolute Gasteiger partial charge is 0.494 e. The number of hydrogen-bond acceptors (Lipinski definition) is 1. The van der Waals surface area contributed by atoms with Crippen LogP contribution in [0.3, 0.4) is 0 Å². The van der Waals surface area contributed by atoms with E-state index in [4.69, 9.17) is 4.74 Å². The fraction of sp³-hybridized carbons (Fsp3) is 0.368. The van der Waals surface area contributed by atoms with E-state index in [1.165, 1.54) is 37.8 Å². The molecule has 2 rings (SSSR count). The molecule has 2 aromatic rings. The standard InChI is InChI=1S/C19H22F2O/c1-2-3-4-5-6-13-22-17-10-7-15(8-11-17)18-12-9-16(20)14-19(18)21/h7-12,14H,2-6,13H2,1H3. The van der Waals surface area contributed by atoms with Gasteiger partial charge in [0.25, 0.3) is 0 Å². The third kappa shape index (κ3) is 4.83. The van der Waals surface area contributed by atoms with Crippen LogP contribution >= 0.6 is 0 Å². The van der Waals surface area contributed by atoms with Crippen molar-refractivity contribution >= 4 is 0 Å². The fourth-order valence-electron chi connectivity index (χ4n) is 2.35. The number of rotatable bonds is 8. The molecule has 0 N–H and O–H groups in total. The van der Waals surface area contributed by atoms with Crippen molar-refractivity contribution in [2.24, 2.45) is 0 Å². The van der Waals surface area contributed by atoms with Crippen LogP contribution in [0, 0.1) is 11.6 Å². The molecule has 22 heavy (non-hydrogen) atoms. The van der Waals surface area contributed by atoms with E-state index in [0.717, 1.165) is 18.2 Å². The zero-order chi connectivity index (χ0) is 15.8. The van der Waals surface area contributed by atoms with Gasteiger partial charge in [0, 0.05) is 11.6 Å². The van der Waals surface area contributed by atoms with Gasteiger partial charge in [0.05, 0.1) is 6.61 Å². The minimum Gasteiger partial charge on any atom is -0.494 e. The van der Waals surface area contributed by atoms with Gasteiger partial charge < -0.3 is 4.74 Å². The smallest absolute Gasteiger partial charge is 0.133 e. The molecule has 0 bridgehead atoms. The molecule has 0 atom stereocenters. The second kappa shape index (κ2) is 8.52. The van der Waals surface area contributed by atoms with Crippen molar-refractivity contribution in [3.8, 4) is 16.9 Å². The highest BCUT2D eigenvalue weighted by Gasteiger charge is 2.06. The van der Waals surface area contributed by atoms with Crippen molar-refractivity contribution in [1.82, 2.24) is 0 Å². The Bertz CT molecular complexity index is 578. The Hall–Kier alpha value is -1.90. The first-order valence-electron chi connectivity index (χ1n) is 7.89. The Morgan fingerprint density at radius 1 is 0.864 bits per heavy atom. The van der Waals surface area contributed by atoms with Gasteiger partial charge in [0.15, 0.2) is 0 Å². The summed E-state index contributed by atoms with van der Waals surface area (Å²) in [6.45, 7) is 2.90. The van der Waals surface area contributed by atoms with E-state index in [1.807, 2.05) is 12.1 Å². The monoisotopic (exact) mass is 304 g/mol. The molecular weight excluding hydrogens is 282 g/mol. The molecule has 0 saturated heterocycles. The van der Waals surface area contributed by atoms with Crippen molar-refractivity contribution in [2.45, 2.75) is 39.0 Å². The highest BCUT2D eigenvalue weighted by Crippen LogP contribution is 2.25. The molecule has 0 saturated carbocycles. The maximum absolute atomic E-state index is 13.7. The molecule has 0 fully saturated rings. The molecule has 0 radical (unpaired) electrons. The zero-order valence-electron chi connectivity index (χ0n) is 12.9. The minimum atomic E-state index is -0.565. The van der Waals surface area contributed by atoms with Gasteiger partial charge in [-0.1, -0.05) is 44.7 Å². The molecule has 118 valence electrons. The molecule has 0 aliphatic rings. The summed E-state index contributed by atoms with van der Waals surface area (Å²) in [5.74, 6) is -0.337. The predicted octanol–water partition coefficient (Wildman–Crippen LogP) is 5.98. The molecule has 0 spiro atoms. The van der Waals surface area contributed by atoms with Crippen LogP contribution in [0.2, 0.25) is 0 Å². The van der Waals surface area contributed by atoms with Crippen molar-refractivity contribution in [3.05, 3.63) is 54.1 Å². The lowest BCUT2D eigenvalue weighted by molar-refractivity contribution is 0.304. The van der Waals surface area contributed by atoms with E-state index >= 15 is 0 Å². The van der Waals surface area contributed by atoms with Gasteiger partial charge in [-0.15, -0.1) is 0 Å². The number of unbranched alkanes of at least 4 members (excludes halogenated alkanes) is 4. The summed E-state index contributed by atoms with van der Waals surface area (Å²) in [6, 6.07) is 10.9. The van der Waals surface area contributed by atoms with E-state index in [1.54, 1.807) is 12.1 Å². The summed E-state index contributed by atoms with van der Waals surface area (Å²) in [4.78, 5) is 0. The number of halogens is 2. The number of ether oxygens (including phenoxy) is 1. The summed E-state index contributed by atoms with van der Waals surface area (Å²) < 4.78 is 32.3. The summed E-state index contributed by atoms with van der Waals surface area (Å²) in [5.41, 5.74) is 1.11. The Balaban J connectivity index is 1.87. The van der Waals surface area contributed by atoms with Crippen molar-refractivity contribution in [1.29, 1.82) is 0 Å². The molecule has 0 aromatic heterocycles. The van der Waals surface area contributed by atoms with Gasteiger partial charge in [-0.3, -0.25) is 0 Å². The van der Waals surface area contributed by atoms with E-state index in [-0.39, 0.29) is 0 Å². The van der Waals surface area contributed by atoms with E-state index in [0.29, 0.717) is 17.7 Å². The van der Waals surface area contributed by atoms with Crippen LogP contribution < -0.4 is 4.74 Å². The quantitative estimate of drug-likeness (QED) is 0.545. The summed E-state index contributed by atoms with van der Waals surface area (Å²) in [5, 5.41) is 0. The first-order valence-corrected chi connectivity index (χ1v) is 7.89. The van der Waals surface area contributed by atoms with Crippen LogP contribution in [0.25, 0.3) is 11.1 Å². The predicted molar refractivity (Wildman–Crippen MR) is 86.0 cm³/mol. The van der Waals surface area contributed by atoms with Crippen LogP contribution in [0.4, 0.5) is 8.78 Å². The van der Waals surface area contributed by atoms with Crippen molar-refractivity contribution < 1.29 is 13.5 Å². The first-order chi connectivity index (χ1) is 10.7. The van der Waals surface area contributed by atoms with E-state index in [9.17, 15) is 8.78 Å². The van der Waals surface area contributed by atoms with E-state index < -0.39 is 11.6 Å². The highest BCUT2D eigenvalue weighted by molar-refractivity contribution is 5.64. The number of benzene rings is 2. The molecule has 0 unspecified atom stereocenters. The average Bonchev–Trinajstić information content (AvgIpc) is 2.52. The van der Waals surface area contributed by atoms with Crippen LogP contribution in [0.5, 0.6) is 5.75 Å². The Morgan fingerprint density at radius 3 is 2.27 bits per heavy atom. The van der Waals surface area contributed by atoms with Crippen molar-refractivity contribution in [2.75, 3.05) is 6.61 Å². The maximum Gasteiger partial charge on any atom is 0.133 e. The third-order valence-corrected chi connectivity index (χ3v) is 3.61. The van der Waals surface area contributed by atoms with Crippen molar-refractivity contribution in [3.63, 3.8) is 0 Å². The van der Waals surface area contributed by atoms with Gasteiger partial charge in [-0.25, -0.2) is 8.78 Å². The van der Waals surface area contributed by atoms with Crippen LogP contribution in [-0.4, -0.2) is 6.61 Å². The molecule has 0 amide bonds. The summed E-state index contributed by atoms with van der Waals surface area (Å²) >= 11 is 0. The Morgan fingerprint density at radius 2 is 1.59 bits per heavy atom. The van der Waals surface area contributed by atoms with Crippen LogP contribution in [0.1, 0.15) is 39.0 Å². The second-order valence-electron chi connectivity index (χ2n) is 5.41. The molecule has 0 heterocycles. The molecule has 1 nitrogen and oxygen atoms in total. The molecule has 3 heteroatoms. The van der Waals surface area contributed by atoms with Gasteiger partial charge in [-0.2, -0.15) is 0 Å².